The molecule has 1 aromatic heterocycles. The molecule has 2 aromatic rings. The van der Waals surface area contributed by atoms with Gasteiger partial charge in [-0.05, 0) is 52.1 Å². The molecule has 5 heteroatoms. The van der Waals surface area contributed by atoms with Gasteiger partial charge in [0.05, 0.1) is 4.47 Å². The van der Waals surface area contributed by atoms with Gasteiger partial charge < -0.3 is 5.73 Å². The van der Waals surface area contributed by atoms with Crippen LogP contribution in [0.3, 0.4) is 0 Å². The molecule has 0 spiro atoms. The minimum atomic E-state index is -0.250. The fourth-order valence-corrected chi connectivity index (χ4v) is 3.21. The lowest BCUT2D eigenvalue weighted by atomic mass is 10.1. The second-order valence-corrected chi connectivity index (χ2v) is 6.31. The Morgan fingerprint density at radius 2 is 2.21 bits per heavy atom. The van der Waals surface area contributed by atoms with Crippen molar-refractivity contribution >= 4 is 27.3 Å². The number of hydrogen-bond acceptors (Lipinski definition) is 3. The molecule has 1 heterocycles. The quantitative estimate of drug-likeness (QED) is 0.895. The predicted octanol–water partition coefficient (Wildman–Crippen LogP) is 3.78. The highest BCUT2D eigenvalue weighted by Crippen LogP contribution is 2.25. The van der Waals surface area contributed by atoms with Crippen LogP contribution < -0.4 is 5.73 Å². The van der Waals surface area contributed by atoms with E-state index in [9.17, 15) is 4.39 Å². The molecule has 0 bridgehead atoms. The first-order valence-electron chi connectivity index (χ1n) is 5.99. The van der Waals surface area contributed by atoms with Crippen LogP contribution in [-0.2, 0) is 6.54 Å². The topological polar surface area (TPSA) is 29.3 Å². The van der Waals surface area contributed by atoms with Crippen molar-refractivity contribution in [1.29, 1.82) is 0 Å². The molecule has 1 atom stereocenters. The molecule has 2 rings (SSSR count). The van der Waals surface area contributed by atoms with Gasteiger partial charge in [-0.2, -0.15) is 0 Å². The first-order valence-corrected chi connectivity index (χ1v) is 7.66. The Kier molecular flexibility index (Phi) is 5.10. The Hall–Kier alpha value is -0.750. The number of hydrogen-bond donors (Lipinski definition) is 1. The second-order valence-electron chi connectivity index (χ2n) is 4.42. The molecule has 2 nitrogen and oxygen atoms in total. The maximum Gasteiger partial charge on any atom is 0.137 e. The third-order valence-corrected chi connectivity index (χ3v) is 4.54. The first-order chi connectivity index (χ1) is 9.11. The van der Waals surface area contributed by atoms with Crippen molar-refractivity contribution in [3.63, 3.8) is 0 Å². The van der Waals surface area contributed by atoms with Gasteiger partial charge in [0.2, 0.25) is 0 Å². The zero-order valence-corrected chi connectivity index (χ0v) is 13.0. The summed E-state index contributed by atoms with van der Waals surface area (Å²) in [5, 5.41) is 2.06. The standard InChI is InChI=1S/C14H16BrFN2S/c1-18(9-11-3-2-6-19-11)14(8-17)10-4-5-13(16)12(15)7-10/h2-7,14H,8-9,17H2,1H3. The van der Waals surface area contributed by atoms with Crippen LogP contribution in [0, 0.1) is 5.82 Å². The van der Waals surface area contributed by atoms with E-state index in [0.29, 0.717) is 11.0 Å². The molecular formula is C14H16BrFN2S. The summed E-state index contributed by atoms with van der Waals surface area (Å²) in [6.45, 7) is 1.34. The molecule has 0 saturated carbocycles. The van der Waals surface area contributed by atoms with Crippen molar-refractivity contribution in [3.05, 3.63) is 56.4 Å². The zero-order valence-electron chi connectivity index (χ0n) is 10.6. The molecule has 2 N–H and O–H groups in total. The Morgan fingerprint density at radius 1 is 1.42 bits per heavy atom. The number of rotatable bonds is 5. The smallest absolute Gasteiger partial charge is 0.137 e. The normalized spacial score (nSPS) is 12.9. The van der Waals surface area contributed by atoms with Crippen LogP contribution in [0.15, 0.2) is 40.2 Å². The van der Waals surface area contributed by atoms with Gasteiger partial charge in [-0.3, -0.25) is 4.90 Å². The number of benzene rings is 1. The van der Waals surface area contributed by atoms with Crippen LogP contribution in [0.25, 0.3) is 0 Å². The molecule has 0 radical (unpaired) electrons. The largest absolute Gasteiger partial charge is 0.329 e. The van der Waals surface area contributed by atoms with Crippen LogP contribution in [-0.4, -0.2) is 18.5 Å². The molecule has 0 saturated heterocycles. The Balaban J connectivity index is 2.16. The summed E-state index contributed by atoms with van der Waals surface area (Å²) in [7, 11) is 2.04. The minimum absolute atomic E-state index is 0.0824. The summed E-state index contributed by atoms with van der Waals surface area (Å²) in [6.07, 6.45) is 0. The number of likely N-dealkylation sites (N-methyl/N-ethyl adjacent to an activating group) is 1. The van der Waals surface area contributed by atoms with Crippen molar-refractivity contribution < 1.29 is 4.39 Å². The average molecular weight is 343 g/mol. The Bertz CT molecular complexity index is 530. The highest BCUT2D eigenvalue weighted by Gasteiger charge is 2.17. The maximum atomic E-state index is 13.3. The maximum absolute atomic E-state index is 13.3. The highest BCUT2D eigenvalue weighted by molar-refractivity contribution is 9.10. The number of thiophene rings is 1. The Morgan fingerprint density at radius 3 is 2.79 bits per heavy atom. The zero-order chi connectivity index (χ0) is 13.8. The summed E-state index contributed by atoms with van der Waals surface area (Å²) >= 11 is 4.95. The van der Waals surface area contributed by atoms with Crippen molar-refractivity contribution in [2.45, 2.75) is 12.6 Å². The SMILES string of the molecule is CN(Cc1cccs1)C(CN)c1ccc(F)c(Br)c1. The summed E-state index contributed by atoms with van der Waals surface area (Å²) in [6, 6.07) is 9.30. The van der Waals surface area contributed by atoms with Crippen molar-refractivity contribution in [1.82, 2.24) is 4.90 Å². The summed E-state index contributed by atoms with van der Waals surface area (Å²) in [5.41, 5.74) is 6.90. The van der Waals surface area contributed by atoms with Gasteiger partial charge in [-0.25, -0.2) is 4.39 Å². The molecule has 0 aliphatic heterocycles. The van der Waals surface area contributed by atoms with E-state index in [1.54, 1.807) is 23.5 Å². The van der Waals surface area contributed by atoms with Gasteiger partial charge in [0.1, 0.15) is 5.82 Å². The first kappa shape index (κ1) is 14.7. The Labute approximate surface area is 125 Å². The van der Waals surface area contributed by atoms with Crippen LogP contribution in [0.5, 0.6) is 0 Å². The molecule has 1 aromatic carbocycles. The van der Waals surface area contributed by atoms with E-state index in [1.165, 1.54) is 10.9 Å². The van der Waals surface area contributed by atoms with Crippen molar-refractivity contribution in [2.75, 3.05) is 13.6 Å². The van der Waals surface area contributed by atoms with E-state index in [2.05, 4.69) is 32.3 Å². The van der Waals surface area contributed by atoms with E-state index in [4.69, 9.17) is 5.73 Å². The molecular weight excluding hydrogens is 327 g/mol. The molecule has 19 heavy (non-hydrogen) atoms. The molecule has 1 unspecified atom stereocenters. The number of nitrogens with two attached hydrogens (primary N) is 1. The van der Waals surface area contributed by atoms with Gasteiger partial charge in [0, 0.05) is 24.0 Å². The van der Waals surface area contributed by atoms with Crippen LogP contribution in [0.1, 0.15) is 16.5 Å². The number of nitrogens with zero attached hydrogens (tertiary/aromatic N) is 1. The minimum Gasteiger partial charge on any atom is -0.329 e. The molecule has 0 aliphatic carbocycles. The van der Waals surface area contributed by atoms with E-state index >= 15 is 0 Å². The summed E-state index contributed by atoms with van der Waals surface area (Å²) in [5.74, 6) is -0.250. The van der Waals surface area contributed by atoms with E-state index < -0.39 is 0 Å². The average Bonchev–Trinajstić information content (AvgIpc) is 2.87. The van der Waals surface area contributed by atoms with Crippen LogP contribution in [0.4, 0.5) is 4.39 Å². The van der Waals surface area contributed by atoms with Crippen LogP contribution in [0.2, 0.25) is 0 Å². The summed E-state index contributed by atoms with van der Waals surface area (Å²) in [4.78, 5) is 3.48. The second kappa shape index (κ2) is 6.61. The molecule has 0 amide bonds. The van der Waals surface area contributed by atoms with Crippen molar-refractivity contribution in [3.8, 4) is 0 Å². The highest BCUT2D eigenvalue weighted by atomic mass is 79.9. The van der Waals surface area contributed by atoms with Gasteiger partial charge in [0.15, 0.2) is 0 Å². The monoisotopic (exact) mass is 342 g/mol. The third kappa shape index (κ3) is 3.63. The molecule has 0 fully saturated rings. The molecule has 102 valence electrons. The lowest BCUT2D eigenvalue weighted by Crippen LogP contribution is -2.30. The molecule has 0 aliphatic rings. The lowest BCUT2D eigenvalue weighted by molar-refractivity contribution is 0.243. The number of halogens is 2. The fraction of sp³-hybridized carbons (Fsp3) is 0.286. The van der Waals surface area contributed by atoms with E-state index in [-0.39, 0.29) is 11.9 Å². The third-order valence-electron chi connectivity index (χ3n) is 3.07. The van der Waals surface area contributed by atoms with Gasteiger partial charge in [-0.15, -0.1) is 11.3 Å². The van der Waals surface area contributed by atoms with Gasteiger partial charge in [0.25, 0.3) is 0 Å². The fourth-order valence-electron chi connectivity index (χ4n) is 2.05. The van der Waals surface area contributed by atoms with Crippen molar-refractivity contribution in [2.24, 2.45) is 5.73 Å². The summed E-state index contributed by atoms with van der Waals surface area (Å²) < 4.78 is 13.8. The van der Waals surface area contributed by atoms with Gasteiger partial charge in [-0.1, -0.05) is 12.1 Å². The lowest BCUT2D eigenvalue weighted by Gasteiger charge is -2.27. The van der Waals surface area contributed by atoms with Gasteiger partial charge >= 0.3 is 0 Å². The van der Waals surface area contributed by atoms with Crippen LogP contribution >= 0.6 is 27.3 Å². The van der Waals surface area contributed by atoms with E-state index in [0.717, 1.165) is 12.1 Å². The predicted molar refractivity (Wildman–Crippen MR) is 81.7 cm³/mol. The van der Waals surface area contributed by atoms with E-state index in [1.807, 2.05) is 13.1 Å².